The first-order valence-electron chi connectivity index (χ1n) is 8.18. The lowest BCUT2D eigenvalue weighted by Gasteiger charge is -2.03. The molecule has 3 aromatic carbocycles. The van der Waals surface area contributed by atoms with Crippen molar-refractivity contribution in [2.24, 2.45) is 0 Å². The van der Waals surface area contributed by atoms with Gasteiger partial charge in [-0.15, -0.1) is 0 Å². The zero-order valence-electron chi connectivity index (χ0n) is 14.5. The highest BCUT2D eigenvalue weighted by atomic mass is 79.9. The van der Waals surface area contributed by atoms with Gasteiger partial charge in [0.15, 0.2) is 0 Å². The number of aryl methyl sites for hydroxylation is 2. The van der Waals surface area contributed by atoms with E-state index in [1.165, 1.54) is 11.1 Å². The predicted molar refractivity (Wildman–Crippen MR) is 116 cm³/mol. The number of halogens is 2. The van der Waals surface area contributed by atoms with Crippen LogP contribution in [0, 0.1) is 37.5 Å². The molecule has 126 valence electrons. The van der Waals surface area contributed by atoms with E-state index in [-0.39, 0.29) is 0 Å². The van der Waals surface area contributed by atoms with Crippen LogP contribution in [0.15, 0.2) is 69.6 Å². The van der Waals surface area contributed by atoms with E-state index >= 15 is 0 Å². The highest BCUT2D eigenvalue weighted by Gasteiger charge is 2.07. The van der Waals surface area contributed by atoms with Crippen LogP contribution in [0.25, 0.3) is 0 Å². The maximum Gasteiger partial charge on any atom is 0.0559 e. The van der Waals surface area contributed by atoms with E-state index in [4.69, 9.17) is 0 Å². The van der Waals surface area contributed by atoms with Crippen molar-refractivity contribution in [1.82, 2.24) is 0 Å². The fourth-order valence-electron chi connectivity index (χ4n) is 2.51. The second-order valence-corrected chi connectivity index (χ2v) is 7.73. The molecule has 2 heteroatoms. The summed E-state index contributed by atoms with van der Waals surface area (Å²) in [4.78, 5) is 0. The molecule has 0 unspecified atom stereocenters. The Morgan fingerprint density at radius 2 is 1.00 bits per heavy atom. The number of hydrogen-bond donors (Lipinski definition) is 0. The van der Waals surface area contributed by atoms with E-state index < -0.39 is 0 Å². The second-order valence-electron chi connectivity index (χ2n) is 6.02. The fraction of sp³-hybridized carbons (Fsp3) is 0.0833. The summed E-state index contributed by atoms with van der Waals surface area (Å²) in [6, 6.07) is 20.4. The highest BCUT2D eigenvalue weighted by molar-refractivity contribution is 9.11. The van der Waals surface area contributed by atoms with Gasteiger partial charge in [0.1, 0.15) is 0 Å². The highest BCUT2D eigenvalue weighted by Crippen LogP contribution is 2.26. The van der Waals surface area contributed by atoms with E-state index in [0.717, 1.165) is 31.2 Å². The van der Waals surface area contributed by atoms with Crippen LogP contribution >= 0.6 is 31.9 Å². The molecule has 0 atom stereocenters. The Kier molecular flexibility index (Phi) is 6.00. The minimum Gasteiger partial charge on any atom is -0.0616 e. The molecule has 0 heterocycles. The Bertz CT molecular complexity index is 998. The van der Waals surface area contributed by atoms with Gasteiger partial charge in [-0.25, -0.2) is 0 Å². The smallest absolute Gasteiger partial charge is 0.0559 e. The Morgan fingerprint density at radius 3 is 1.38 bits per heavy atom. The standard InChI is InChI=1S/C24H16Br2/c1-17-5-3-7-19(15-17)9-11-21-22(24(26)14-13-23(21)25)12-10-20-8-4-6-18(2)16-20/h3-8,13-16H,1-2H3. The normalized spacial score (nSPS) is 9.69. The van der Waals surface area contributed by atoms with Gasteiger partial charge in [0.2, 0.25) is 0 Å². The molecule has 0 radical (unpaired) electrons. The van der Waals surface area contributed by atoms with Crippen LogP contribution in [0.4, 0.5) is 0 Å². The van der Waals surface area contributed by atoms with Crippen molar-refractivity contribution < 1.29 is 0 Å². The molecule has 26 heavy (non-hydrogen) atoms. The SMILES string of the molecule is Cc1cccc(C#Cc2c(Br)ccc(Br)c2C#Cc2cccc(C)c2)c1. The molecule has 0 fully saturated rings. The van der Waals surface area contributed by atoms with E-state index in [1.54, 1.807) is 0 Å². The topological polar surface area (TPSA) is 0 Å². The molecule has 0 amide bonds. The van der Waals surface area contributed by atoms with Crippen molar-refractivity contribution in [1.29, 1.82) is 0 Å². The van der Waals surface area contributed by atoms with Crippen LogP contribution in [0.2, 0.25) is 0 Å². The lowest BCUT2D eigenvalue weighted by atomic mass is 10.1. The van der Waals surface area contributed by atoms with Crippen LogP contribution in [-0.4, -0.2) is 0 Å². The Balaban J connectivity index is 2.06. The fourth-order valence-corrected chi connectivity index (χ4v) is 3.37. The van der Waals surface area contributed by atoms with E-state index in [0.29, 0.717) is 0 Å². The summed E-state index contributed by atoms with van der Waals surface area (Å²) in [5.41, 5.74) is 6.17. The zero-order valence-corrected chi connectivity index (χ0v) is 17.7. The number of rotatable bonds is 0. The molecular weight excluding hydrogens is 448 g/mol. The largest absolute Gasteiger partial charge is 0.0616 e. The average molecular weight is 464 g/mol. The molecule has 0 nitrogen and oxygen atoms in total. The molecule has 3 rings (SSSR count). The van der Waals surface area contributed by atoms with Gasteiger partial charge in [0.25, 0.3) is 0 Å². The third-order valence-corrected chi connectivity index (χ3v) is 5.13. The van der Waals surface area contributed by atoms with Crippen molar-refractivity contribution >= 4 is 31.9 Å². The maximum atomic E-state index is 3.62. The summed E-state index contributed by atoms with van der Waals surface area (Å²) < 4.78 is 1.88. The lowest BCUT2D eigenvalue weighted by molar-refractivity contribution is 1.45. The van der Waals surface area contributed by atoms with Gasteiger partial charge < -0.3 is 0 Å². The van der Waals surface area contributed by atoms with E-state index in [1.807, 2.05) is 36.4 Å². The van der Waals surface area contributed by atoms with Crippen molar-refractivity contribution in [2.75, 3.05) is 0 Å². The number of benzene rings is 3. The molecular formula is C24H16Br2. The molecule has 0 aliphatic carbocycles. The molecule has 0 saturated carbocycles. The summed E-state index contributed by atoms with van der Waals surface area (Å²) in [5.74, 6) is 13.1. The summed E-state index contributed by atoms with van der Waals surface area (Å²) in [6.45, 7) is 4.14. The molecule has 3 aromatic rings. The van der Waals surface area contributed by atoms with Crippen molar-refractivity contribution in [2.45, 2.75) is 13.8 Å². The third-order valence-electron chi connectivity index (χ3n) is 3.80. The predicted octanol–water partition coefficient (Wildman–Crippen LogP) is 6.63. The monoisotopic (exact) mass is 462 g/mol. The van der Waals surface area contributed by atoms with Crippen LogP contribution < -0.4 is 0 Å². The van der Waals surface area contributed by atoms with Gasteiger partial charge in [-0.3, -0.25) is 0 Å². The third kappa shape index (κ3) is 4.67. The second kappa shape index (κ2) is 8.41. The zero-order chi connectivity index (χ0) is 18.5. The lowest BCUT2D eigenvalue weighted by Crippen LogP contribution is -1.89. The molecule has 0 aliphatic heterocycles. The number of hydrogen-bond acceptors (Lipinski definition) is 0. The van der Waals surface area contributed by atoms with Gasteiger partial charge in [-0.05, 0) is 93.2 Å². The molecule has 0 aliphatic rings. The van der Waals surface area contributed by atoms with E-state index in [2.05, 4.69) is 93.7 Å². The Hall–Kier alpha value is -2.26. The van der Waals surface area contributed by atoms with Crippen molar-refractivity contribution in [3.63, 3.8) is 0 Å². The minimum absolute atomic E-state index is 0.890. The van der Waals surface area contributed by atoms with Gasteiger partial charge >= 0.3 is 0 Å². The average Bonchev–Trinajstić information content (AvgIpc) is 2.61. The summed E-state index contributed by atoms with van der Waals surface area (Å²) in [7, 11) is 0. The molecule has 0 saturated heterocycles. The summed E-state index contributed by atoms with van der Waals surface area (Å²) >= 11 is 7.23. The summed E-state index contributed by atoms with van der Waals surface area (Å²) in [5, 5.41) is 0. The molecule has 0 aromatic heterocycles. The van der Waals surface area contributed by atoms with Gasteiger partial charge in [0, 0.05) is 20.1 Å². The molecule has 0 bridgehead atoms. The van der Waals surface area contributed by atoms with Crippen LogP contribution in [0.3, 0.4) is 0 Å². The van der Waals surface area contributed by atoms with Crippen molar-refractivity contribution in [3.8, 4) is 23.7 Å². The first kappa shape index (κ1) is 18.5. The van der Waals surface area contributed by atoms with Crippen molar-refractivity contribution in [3.05, 3.63) is 103 Å². The van der Waals surface area contributed by atoms with Gasteiger partial charge in [-0.2, -0.15) is 0 Å². The molecule has 0 N–H and O–H groups in total. The Labute approximate surface area is 171 Å². The maximum absolute atomic E-state index is 3.62. The van der Waals surface area contributed by atoms with E-state index in [9.17, 15) is 0 Å². The van der Waals surface area contributed by atoms with Crippen LogP contribution in [-0.2, 0) is 0 Å². The summed E-state index contributed by atoms with van der Waals surface area (Å²) in [6.07, 6.45) is 0. The van der Waals surface area contributed by atoms with Gasteiger partial charge in [0.05, 0.1) is 11.1 Å². The van der Waals surface area contributed by atoms with Gasteiger partial charge in [-0.1, -0.05) is 47.9 Å². The van der Waals surface area contributed by atoms with Crippen LogP contribution in [0.5, 0.6) is 0 Å². The Morgan fingerprint density at radius 1 is 0.577 bits per heavy atom. The first-order valence-corrected chi connectivity index (χ1v) is 9.77. The quantitative estimate of drug-likeness (QED) is 0.328. The first-order chi connectivity index (χ1) is 12.5. The minimum atomic E-state index is 0.890. The van der Waals surface area contributed by atoms with Crippen LogP contribution in [0.1, 0.15) is 33.4 Å². The molecule has 0 spiro atoms.